The van der Waals surface area contributed by atoms with Gasteiger partial charge in [0.2, 0.25) is 0 Å². The summed E-state index contributed by atoms with van der Waals surface area (Å²) in [6.45, 7) is 4.15. The van der Waals surface area contributed by atoms with Gasteiger partial charge >= 0.3 is 0 Å². The van der Waals surface area contributed by atoms with Crippen LogP contribution in [-0.4, -0.2) is 11.4 Å². The average Bonchev–Trinajstić information content (AvgIpc) is 2.95. The third-order valence-electron chi connectivity index (χ3n) is 3.94. The van der Waals surface area contributed by atoms with E-state index in [1.165, 1.54) is 17.3 Å². The Labute approximate surface area is 153 Å². The van der Waals surface area contributed by atoms with Crippen LogP contribution in [0.1, 0.15) is 25.0 Å². The minimum absolute atomic E-state index is 0.0338. The molecule has 25 heavy (non-hydrogen) atoms. The normalized spacial score (nSPS) is 19.1. The number of thioether (sulfide) groups is 1. The maximum atomic E-state index is 12.2. The predicted octanol–water partition coefficient (Wildman–Crippen LogP) is 4.79. The van der Waals surface area contributed by atoms with E-state index in [0.717, 1.165) is 28.1 Å². The third-order valence-corrected chi connectivity index (χ3v) is 4.97. The molecule has 1 aliphatic rings. The van der Waals surface area contributed by atoms with Crippen molar-refractivity contribution in [3.63, 3.8) is 0 Å². The lowest BCUT2D eigenvalue weighted by atomic mass is 10.1. The van der Waals surface area contributed by atoms with Gasteiger partial charge < -0.3 is 10.6 Å². The fourth-order valence-electron chi connectivity index (χ4n) is 2.61. The molecule has 3 nitrogen and oxygen atoms in total. The number of rotatable bonds is 5. The minimum Gasteiger partial charge on any atom is -0.357 e. The standard InChI is InChI=1S/C21H22N2OS/c1-3-16-9-11-18(12-10-16)22-21-23-20(24)19(25-21)14-15(2)13-17-7-5-4-6-8-17/h4-14,21-22H,3H2,1-2H3,(H,23,24)/b15-13+,19-14-/t21-/m0/s1. The molecule has 0 bridgehead atoms. The molecule has 1 atom stereocenters. The molecule has 1 amide bonds. The van der Waals surface area contributed by atoms with Gasteiger partial charge in [-0.3, -0.25) is 4.79 Å². The molecule has 128 valence electrons. The molecule has 0 unspecified atom stereocenters. The van der Waals surface area contributed by atoms with Crippen LogP contribution in [-0.2, 0) is 11.2 Å². The van der Waals surface area contributed by atoms with Crippen LogP contribution in [0, 0.1) is 0 Å². The van der Waals surface area contributed by atoms with Gasteiger partial charge in [0, 0.05) is 5.69 Å². The second kappa shape index (κ2) is 8.08. The van der Waals surface area contributed by atoms with Gasteiger partial charge in [-0.05, 0) is 48.3 Å². The van der Waals surface area contributed by atoms with Crippen molar-refractivity contribution in [3.05, 3.63) is 82.3 Å². The average molecular weight is 350 g/mol. The zero-order chi connectivity index (χ0) is 17.6. The molecule has 3 rings (SSSR count). The molecule has 1 fully saturated rings. The lowest BCUT2D eigenvalue weighted by molar-refractivity contribution is -0.116. The molecule has 0 aliphatic carbocycles. The van der Waals surface area contributed by atoms with Gasteiger partial charge in [-0.1, -0.05) is 67.2 Å². The molecule has 2 N–H and O–H groups in total. The zero-order valence-electron chi connectivity index (χ0n) is 14.5. The molecular weight excluding hydrogens is 328 g/mol. The van der Waals surface area contributed by atoms with E-state index in [0.29, 0.717) is 0 Å². The maximum absolute atomic E-state index is 12.2. The topological polar surface area (TPSA) is 41.1 Å². The van der Waals surface area contributed by atoms with E-state index in [1.54, 1.807) is 0 Å². The molecule has 4 heteroatoms. The summed E-state index contributed by atoms with van der Waals surface area (Å²) in [5, 5.41) is 6.31. The van der Waals surface area contributed by atoms with Gasteiger partial charge in [-0.25, -0.2) is 0 Å². The molecule has 1 saturated heterocycles. The van der Waals surface area contributed by atoms with Crippen molar-refractivity contribution in [2.45, 2.75) is 25.8 Å². The van der Waals surface area contributed by atoms with E-state index >= 15 is 0 Å². The fraction of sp³-hybridized carbons (Fsp3) is 0.190. The summed E-state index contributed by atoms with van der Waals surface area (Å²) < 4.78 is 0. The van der Waals surface area contributed by atoms with E-state index < -0.39 is 0 Å². The van der Waals surface area contributed by atoms with Crippen LogP contribution in [0.3, 0.4) is 0 Å². The van der Waals surface area contributed by atoms with Gasteiger partial charge in [-0.2, -0.15) is 0 Å². The van der Waals surface area contributed by atoms with Crippen molar-refractivity contribution in [2.75, 3.05) is 5.32 Å². The van der Waals surface area contributed by atoms with E-state index in [-0.39, 0.29) is 11.4 Å². The number of hydrogen-bond donors (Lipinski definition) is 2. The lowest BCUT2D eigenvalue weighted by Crippen LogP contribution is -2.30. The Bertz CT molecular complexity index is 794. The summed E-state index contributed by atoms with van der Waals surface area (Å²) in [5.41, 5.74) is 4.35. The van der Waals surface area contributed by atoms with Crippen LogP contribution in [0.5, 0.6) is 0 Å². The monoisotopic (exact) mass is 350 g/mol. The Balaban J connectivity index is 1.66. The second-order valence-corrected chi connectivity index (χ2v) is 7.12. The van der Waals surface area contributed by atoms with Crippen molar-refractivity contribution in [1.29, 1.82) is 0 Å². The van der Waals surface area contributed by atoms with Crippen molar-refractivity contribution in [3.8, 4) is 0 Å². The summed E-state index contributed by atoms with van der Waals surface area (Å²) in [6, 6.07) is 18.4. The zero-order valence-corrected chi connectivity index (χ0v) is 15.3. The van der Waals surface area contributed by atoms with Crippen molar-refractivity contribution in [1.82, 2.24) is 5.32 Å². The first-order chi connectivity index (χ1) is 12.1. The predicted molar refractivity (Wildman–Crippen MR) is 107 cm³/mol. The van der Waals surface area contributed by atoms with Gasteiger partial charge in [0.1, 0.15) is 0 Å². The summed E-state index contributed by atoms with van der Waals surface area (Å²) in [4.78, 5) is 12.9. The number of hydrogen-bond acceptors (Lipinski definition) is 3. The molecule has 0 radical (unpaired) electrons. The Morgan fingerprint density at radius 2 is 1.88 bits per heavy atom. The minimum atomic E-state index is -0.143. The highest BCUT2D eigenvalue weighted by atomic mass is 32.2. The van der Waals surface area contributed by atoms with Crippen LogP contribution in [0.25, 0.3) is 6.08 Å². The fourth-order valence-corrected chi connectivity index (χ4v) is 3.65. The molecule has 0 aromatic heterocycles. The molecule has 2 aromatic carbocycles. The Morgan fingerprint density at radius 1 is 1.16 bits per heavy atom. The van der Waals surface area contributed by atoms with Crippen LogP contribution in [0.4, 0.5) is 5.69 Å². The molecule has 2 aromatic rings. The number of benzene rings is 2. The number of anilines is 1. The summed E-state index contributed by atoms with van der Waals surface area (Å²) >= 11 is 1.51. The molecule has 1 heterocycles. The van der Waals surface area contributed by atoms with Crippen LogP contribution in [0.2, 0.25) is 0 Å². The number of aryl methyl sites for hydroxylation is 1. The highest BCUT2D eigenvalue weighted by Crippen LogP contribution is 2.29. The van der Waals surface area contributed by atoms with E-state index in [4.69, 9.17) is 0 Å². The first-order valence-electron chi connectivity index (χ1n) is 8.42. The number of allylic oxidation sites excluding steroid dienone is 2. The highest BCUT2D eigenvalue weighted by molar-refractivity contribution is 8.05. The highest BCUT2D eigenvalue weighted by Gasteiger charge is 2.26. The Kier molecular flexibility index (Phi) is 5.61. The van der Waals surface area contributed by atoms with E-state index in [1.807, 2.05) is 55.5 Å². The van der Waals surface area contributed by atoms with Crippen LogP contribution >= 0.6 is 11.8 Å². The Morgan fingerprint density at radius 3 is 2.56 bits per heavy atom. The number of carbonyl (C=O) groups excluding carboxylic acids is 1. The van der Waals surface area contributed by atoms with Gasteiger partial charge in [-0.15, -0.1) is 0 Å². The van der Waals surface area contributed by atoms with E-state index in [2.05, 4.69) is 35.8 Å². The summed E-state index contributed by atoms with van der Waals surface area (Å²) in [6.07, 6.45) is 5.04. The van der Waals surface area contributed by atoms with Gasteiger partial charge in [0.05, 0.1) is 4.91 Å². The SMILES string of the molecule is CCc1ccc(N[C@H]2NC(=O)/C(=C/C(C)=C/c3ccccc3)S2)cc1. The van der Waals surface area contributed by atoms with Gasteiger partial charge in [0.15, 0.2) is 5.50 Å². The van der Waals surface area contributed by atoms with Crippen LogP contribution < -0.4 is 10.6 Å². The van der Waals surface area contributed by atoms with Crippen molar-refractivity contribution >= 4 is 29.4 Å². The largest absolute Gasteiger partial charge is 0.357 e. The Hall–Kier alpha value is -2.46. The quantitative estimate of drug-likeness (QED) is 0.762. The first-order valence-corrected chi connectivity index (χ1v) is 9.30. The van der Waals surface area contributed by atoms with Crippen molar-refractivity contribution in [2.24, 2.45) is 0 Å². The summed E-state index contributed by atoms with van der Waals surface area (Å²) in [5.74, 6) is -0.0338. The molecule has 0 saturated carbocycles. The lowest BCUT2D eigenvalue weighted by Gasteiger charge is -2.12. The second-order valence-electron chi connectivity index (χ2n) is 5.97. The van der Waals surface area contributed by atoms with Gasteiger partial charge in [0.25, 0.3) is 5.91 Å². The number of nitrogens with one attached hydrogen (secondary N) is 2. The number of amides is 1. The third kappa shape index (κ3) is 4.77. The molecular formula is C21H22N2OS. The first kappa shape index (κ1) is 17.4. The summed E-state index contributed by atoms with van der Waals surface area (Å²) in [7, 11) is 0. The maximum Gasteiger partial charge on any atom is 0.260 e. The van der Waals surface area contributed by atoms with Crippen molar-refractivity contribution < 1.29 is 4.79 Å². The van der Waals surface area contributed by atoms with Crippen LogP contribution in [0.15, 0.2) is 71.2 Å². The number of carbonyl (C=O) groups is 1. The van der Waals surface area contributed by atoms with E-state index in [9.17, 15) is 4.79 Å². The molecule has 1 aliphatic heterocycles. The smallest absolute Gasteiger partial charge is 0.260 e. The molecule has 0 spiro atoms.